The molecule has 0 spiro atoms. The maximum absolute atomic E-state index is 11.7. The molecule has 0 aromatic heterocycles. The molecule has 1 aromatic carbocycles. The van der Waals surface area contributed by atoms with Gasteiger partial charge < -0.3 is 15.8 Å². The van der Waals surface area contributed by atoms with Gasteiger partial charge in [0, 0.05) is 11.7 Å². The fourth-order valence-corrected chi connectivity index (χ4v) is 1.52. The van der Waals surface area contributed by atoms with Crippen LogP contribution in [0.2, 0.25) is 0 Å². The van der Waals surface area contributed by atoms with Gasteiger partial charge in [0.1, 0.15) is 6.61 Å². The third-order valence-corrected chi connectivity index (χ3v) is 2.52. The zero-order valence-electron chi connectivity index (χ0n) is 11.5. The maximum atomic E-state index is 11.7. The Morgan fingerprint density at radius 3 is 2.63 bits per heavy atom. The van der Waals surface area contributed by atoms with Crippen molar-refractivity contribution in [3.8, 4) is 0 Å². The van der Waals surface area contributed by atoms with Gasteiger partial charge in [-0.05, 0) is 44.5 Å². The Balaban J connectivity index is 2.43. The molecule has 0 heterocycles. The largest absolute Gasteiger partial charge is 0.462 e. The first kappa shape index (κ1) is 15.0. The van der Waals surface area contributed by atoms with Gasteiger partial charge in [-0.2, -0.15) is 0 Å². The number of nitrogen functional groups attached to an aromatic ring is 1. The smallest absolute Gasteiger partial charge is 0.338 e. The first-order chi connectivity index (χ1) is 8.90. The van der Waals surface area contributed by atoms with Gasteiger partial charge in [0.15, 0.2) is 0 Å². The molecule has 0 aliphatic heterocycles. The maximum Gasteiger partial charge on any atom is 0.338 e. The third-order valence-electron chi connectivity index (χ3n) is 2.52. The quantitative estimate of drug-likeness (QED) is 0.626. The highest BCUT2D eigenvalue weighted by molar-refractivity contribution is 5.90. The highest BCUT2D eigenvalue weighted by Gasteiger charge is 2.10. The van der Waals surface area contributed by atoms with Crippen molar-refractivity contribution in [2.24, 2.45) is 0 Å². The van der Waals surface area contributed by atoms with E-state index in [0.717, 1.165) is 5.56 Å². The molecule has 5 heteroatoms. The molecule has 0 aliphatic carbocycles. The predicted octanol–water partition coefficient (Wildman–Crippen LogP) is 1.65. The number of nitrogens with two attached hydrogens (primary N) is 1. The van der Waals surface area contributed by atoms with Crippen molar-refractivity contribution in [2.75, 3.05) is 12.3 Å². The Morgan fingerprint density at radius 1 is 1.37 bits per heavy atom. The molecule has 3 N–H and O–H groups in total. The van der Waals surface area contributed by atoms with Crippen LogP contribution in [0.25, 0.3) is 0 Å². The van der Waals surface area contributed by atoms with Crippen molar-refractivity contribution in [1.82, 2.24) is 5.32 Å². The SMILES string of the molecule is Cc1cc(C(=O)OCCC(=O)NC(C)C)ccc1N. The molecule has 0 radical (unpaired) electrons. The van der Waals surface area contributed by atoms with Crippen LogP contribution in [0.1, 0.15) is 36.2 Å². The number of carbonyl (C=O) groups excluding carboxylic acids is 2. The van der Waals surface area contributed by atoms with Crippen LogP contribution in [0.15, 0.2) is 18.2 Å². The van der Waals surface area contributed by atoms with E-state index in [-0.39, 0.29) is 25.0 Å². The van der Waals surface area contributed by atoms with Gasteiger partial charge in [-0.3, -0.25) is 4.79 Å². The molecule has 5 nitrogen and oxygen atoms in total. The summed E-state index contributed by atoms with van der Waals surface area (Å²) in [5.74, 6) is -0.572. The number of aryl methyl sites for hydroxylation is 1. The number of carbonyl (C=O) groups is 2. The van der Waals surface area contributed by atoms with Gasteiger partial charge in [0.25, 0.3) is 0 Å². The van der Waals surface area contributed by atoms with Gasteiger partial charge in [-0.15, -0.1) is 0 Å². The minimum atomic E-state index is -0.444. The van der Waals surface area contributed by atoms with Crippen molar-refractivity contribution < 1.29 is 14.3 Å². The lowest BCUT2D eigenvalue weighted by molar-refractivity contribution is -0.122. The molecule has 0 saturated heterocycles. The summed E-state index contributed by atoms with van der Waals surface area (Å²) in [4.78, 5) is 23.1. The summed E-state index contributed by atoms with van der Waals surface area (Å²) in [6.07, 6.45) is 0.165. The van der Waals surface area contributed by atoms with Crippen molar-refractivity contribution in [3.05, 3.63) is 29.3 Å². The van der Waals surface area contributed by atoms with Crippen LogP contribution in [0.5, 0.6) is 0 Å². The van der Waals surface area contributed by atoms with Crippen LogP contribution in [0.3, 0.4) is 0 Å². The summed E-state index contributed by atoms with van der Waals surface area (Å²) in [5.41, 5.74) is 7.57. The standard InChI is InChI=1S/C14H20N2O3/c1-9(2)16-13(17)6-7-19-14(18)11-4-5-12(15)10(3)8-11/h4-5,8-9H,6-7,15H2,1-3H3,(H,16,17). The summed E-state index contributed by atoms with van der Waals surface area (Å²) in [6.45, 7) is 5.64. The molecule has 0 atom stereocenters. The zero-order chi connectivity index (χ0) is 14.4. The highest BCUT2D eigenvalue weighted by Crippen LogP contribution is 2.13. The van der Waals surface area contributed by atoms with E-state index >= 15 is 0 Å². The monoisotopic (exact) mass is 264 g/mol. The molecule has 1 aromatic rings. The van der Waals surface area contributed by atoms with E-state index in [9.17, 15) is 9.59 Å². The van der Waals surface area contributed by atoms with Gasteiger partial charge in [-0.1, -0.05) is 0 Å². The van der Waals surface area contributed by atoms with E-state index < -0.39 is 5.97 Å². The van der Waals surface area contributed by atoms with E-state index in [1.54, 1.807) is 18.2 Å². The molecule has 19 heavy (non-hydrogen) atoms. The van der Waals surface area contributed by atoms with Crippen LogP contribution in [-0.2, 0) is 9.53 Å². The molecule has 0 saturated carbocycles. The van der Waals surface area contributed by atoms with Gasteiger partial charge >= 0.3 is 5.97 Å². The normalized spacial score (nSPS) is 10.3. The average molecular weight is 264 g/mol. The second-order valence-electron chi connectivity index (χ2n) is 4.68. The molecule has 1 rings (SSSR count). The van der Waals surface area contributed by atoms with Gasteiger partial charge in [0.2, 0.25) is 5.91 Å². The number of hydrogen-bond acceptors (Lipinski definition) is 4. The molecule has 0 unspecified atom stereocenters. The van der Waals surface area contributed by atoms with Crippen LogP contribution in [0.4, 0.5) is 5.69 Å². The fraction of sp³-hybridized carbons (Fsp3) is 0.429. The second-order valence-corrected chi connectivity index (χ2v) is 4.68. The van der Waals surface area contributed by atoms with Crippen LogP contribution < -0.4 is 11.1 Å². The van der Waals surface area contributed by atoms with Crippen LogP contribution >= 0.6 is 0 Å². The summed E-state index contributed by atoms with van der Waals surface area (Å²) in [7, 11) is 0. The lowest BCUT2D eigenvalue weighted by Gasteiger charge is -2.09. The van der Waals surface area contributed by atoms with Crippen LogP contribution in [-0.4, -0.2) is 24.5 Å². The van der Waals surface area contributed by atoms with Crippen molar-refractivity contribution in [3.63, 3.8) is 0 Å². The summed E-state index contributed by atoms with van der Waals surface area (Å²) >= 11 is 0. The number of esters is 1. The Morgan fingerprint density at radius 2 is 2.05 bits per heavy atom. The van der Waals surface area contributed by atoms with E-state index in [4.69, 9.17) is 10.5 Å². The summed E-state index contributed by atoms with van der Waals surface area (Å²) < 4.78 is 5.03. The van der Waals surface area contributed by atoms with E-state index in [1.165, 1.54) is 0 Å². The lowest BCUT2D eigenvalue weighted by atomic mass is 10.1. The first-order valence-electron chi connectivity index (χ1n) is 6.22. The summed E-state index contributed by atoms with van der Waals surface area (Å²) in [6, 6.07) is 5.03. The molecule has 104 valence electrons. The number of benzene rings is 1. The molecule has 0 aliphatic rings. The molecule has 0 bridgehead atoms. The zero-order valence-corrected chi connectivity index (χ0v) is 11.5. The lowest BCUT2D eigenvalue weighted by Crippen LogP contribution is -2.31. The number of ether oxygens (including phenoxy) is 1. The molecule has 0 fully saturated rings. The van der Waals surface area contributed by atoms with E-state index in [0.29, 0.717) is 11.3 Å². The number of rotatable bonds is 5. The van der Waals surface area contributed by atoms with Gasteiger partial charge in [0.05, 0.1) is 12.0 Å². The third kappa shape index (κ3) is 4.99. The van der Waals surface area contributed by atoms with E-state index in [2.05, 4.69) is 5.32 Å². The van der Waals surface area contributed by atoms with Crippen LogP contribution in [0, 0.1) is 6.92 Å². The minimum absolute atomic E-state index is 0.0702. The fourth-order valence-electron chi connectivity index (χ4n) is 1.52. The van der Waals surface area contributed by atoms with Crippen molar-refractivity contribution in [2.45, 2.75) is 33.2 Å². The van der Waals surface area contributed by atoms with Crippen molar-refractivity contribution >= 4 is 17.6 Å². The number of nitrogens with one attached hydrogen (secondary N) is 1. The Kier molecular flexibility index (Phi) is 5.36. The highest BCUT2D eigenvalue weighted by atomic mass is 16.5. The Labute approximate surface area is 113 Å². The molecule has 1 amide bonds. The predicted molar refractivity (Wildman–Crippen MR) is 73.8 cm³/mol. The number of anilines is 1. The molecular formula is C14H20N2O3. The Bertz CT molecular complexity index is 470. The molecular weight excluding hydrogens is 244 g/mol. The minimum Gasteiger partial charge on any atom is -0.462 e. The number of hydrogen-bond donors (Lipinski definition) is 2. The average Bonchev–Trinajstić information content (AvgIpc) is 2.31. The second kappa shape index (κ2) is 6.78. The Hall–Kier alpha value is -2.04. The number of amides is 1. The van der Waals surface area contributed by atoms with Gasteiger partial charge in [-0.25, -0.2) is 4.79 Å². The topological polar surface area (TPSA) is 81.4 Å². The first-order valence-corrected chi connectivity index (χ1v) is 6.22. The van der Waals surface area contributed by atoms with E-state index in [1.807, 2.05) is 20.8 Å². The summed E-state index contributed by atoms with van der Waals surface area (Å²) in [5, 5.41) is 2.73. The van der Waals surface area contributed by atoms with Crippen molar-refractivity contribution in [1.29, 1.82) is 0 Å².